The number of methoxy groups -OCH3 is 1. The van der Waals surface area contributed by atoms with Crippen molar-refractivity contribution in [3.05, 3.63) is 77.6 Å². The molecule has 138 valence electrons. The van der Waals surface area contributed by atoms with E-state index in [0.717, 1.165) is 29.0 Å². The molecule has 1 amide bonds. The number of para-hydroxylation sites is 1. The van der Waals surface area contributed by atoms with Gasteiger partial charge in [-0.25, -0.2) is 9.97 Å². The lowest BCUT2D eigenvalue weighted by molar-refractivity contribution is 0.102. The van der Waals surface area contributed by atoms with Crippen molar-refractivity contribution in [1.29, 1.82) is 0 Å². The zero-order chi connectivity index (χ0) is 19.1. The van der Waals surface area contributed by atoms with Crippen LogP contribution in [-0.4, -0.2) is 29.5 Å². The normalized spacial score (nSPS) is 10.3. The molecule has 2 N–H and O–H groups in total. The standard InChI is InChI=1S/C21H22N4O2/c1-15-6-5-8-18(12-15)25-20(26)17-13-23-21(24-14-17)22-11-10-16-7-3-4-9-19(16)27-2/h3-9,12-14H,10-11H2,1-2H3,(H,25,26)(H,22,23,24). The summed E-state index contributed by atoms with van der Waals surface area (Å²) in [5, 5.41) is 6.00. The molecule has 0 unspecified atom stereocenters. The average Bonchev–Trinajstić information content (AvgIpc) is 2.69. The van der Waals surface area contributed by atoms with Crippen molar-refractivity contribution in [2.75, 3.05) is 24.3 Å². The lowest BCUT2D eigenvalue weighted by atomic mass is 10.1. The Morgan fingerprint density at radius 1 is 1.07 bits per heavy atom. The Morgan fingerprint density at radius 2 is 1.85 bits per heavy atom. The molecule has 6 heteroatoms. The summed E-state index contributed by atoms with van der Waals surface area (Å²) in [5.41, 5.74) is 3.35. The lowest BCUT2D eigenvalue weighted by Crippen LogP contribution is -2.14. The van der Waals surface area contributed by atoms with Gasteiger partial charge in [-0.3, -0.25) is 4.79 Å². The first-order chi connectivity index (χ1) is 13.2. The number of carbonyl (C=O) groups is 1. The Hall–Kier alpha value is -3.41. The second kappa shape index (κ2) is 8.80. The van der Waals surface area contributed by atoms with Gasteiger partial charge in [0.05, 0.1) is 12.7 Å². The summed E-state index contributed by atoms with van der Waals surface area (Å²) < 4.78 is 5.34. The predicted molar refractivity (Wildman–Crippen MR) is 106 cm³/mol. The lowest BCUT2D eigenvalue weighted by Gasteiger charge is -2.09. The van der Waals surface area contributed by atoms with Crippen LogP contribution in [0.5, 0.6) is 5.75 Å². The van der Waals surface area contributed by atoms with Gasteiger partial charge in [-0.2, -0.15) is 0 Å². The molecule has 0 fully saturated rings. The van der Waals surface area contributed by atoms with Crippen molar-refractivity contribution in [2.24, 2.45) is 0 Å². The molecule has 3 aromatic rings. The van der Waals surface area contributed by atoms with Crippen molar-refractivity contribution >= 4 is 17.5 Å². The molecule has 0 atom stereocenters. The number of hydrogen-bond donors (Lipinski definition) is 2. The number of amides is 1. The Bertz CT molecular complexity index is 910. The van der Waals surface area contributed by atoms with Gasteiger partial charge in [0.1, 0.15) is 5.75 Å². The number of carbonyl (C=O) groups excluding carboxylic acids is 1. The molecular weight excluding hydrogens is 340 g/mol. The van der Waals surface area contributed by atoms with E-state index in [0.29, 0.717) is 18.1 Å². The maximum absolute atomic E-state index is 12.3. The van der Waals surface area contributed by atoms with Crippen molar-refractivity contribution in [1.82, 2.24) is 9.97 Å². The third-order valence-electron chi connectivity index (χ3n) is 4.06. The zero-order valence-corrected chi connectivity index (χ0v) is 15.4. The number of nitrogens with zero attached hydrogens (tertiary/aromatic N) is 2. The first kappa shape index (κ1) is 18.4. The molecule has 27 heavy (non-hydrogen) atoms. The van der Waals surface area contributed by atoms with Crippen LogP contribution in [0.2, 0.25) is 0 Å². The summed E-state index contributed by atoms with van der Waals surface area (Å²) in [6.45, 7) is 2.64. The molecule has 0 saturated carbocycles. The van der Waals surface area contributed by atoms with Gasteiger partial charge in [0, 0.05) is 24.6 Å². The smallest absolute Gasteiger partial charge is 0.258 e. The van der Waals surface area contributed by atoms with Gasteiger partial charge in [-0.1, -0.05) is 30.3 Å². The Balaban J connectivity index is 1.54. The van der Waals surface area contributed by atoms with Gasteiger partial charge in [0.25, 0.3) is 5.91 Å². The summed E-state index contributed by atoms with van der Waals surface area (Å²) in [5.74, 6) is 1.11. The molecule has 1 aromatic heterocycles. The topological polar surface area (TPSA) is 76.1 Å². The molecule has 0 radical (unpaired) electrons. The van der Waals surface area contributed by atoms with Gasteiger partial charge < -0.3 is 15.4 Å². The van der Waals surface area contributed by atoms with Crippen LogP contribution in [0.15, 0.2) is 60.9 Å². The van der Waals surface area contributed by atoms with Crippen LogP contribution >= 0.6 is 0 Å². The van der Waals surface area contributed by atoms with Crippen molar-refractivity contribution in [2.45, 2.75) is 13.3 Å². The summed E-state index contributed by atoms with van der Waals surface area (Å²) in [6, 6.07) is 15.5. The van der Waals surface area contributed by atoms with E-state index in [1.807, 2.05) is 55.5 Å². The van der Waals surface area contributed by atoms with Gasteiger partial charge in [0.15, 0.2) is 0 Å². The quantitative estimate of drug-likeness (QED) is 0.670. The van der Waals surface area contributed by atoms with E-state index in [4.69, 9.17) is 4.74 Å². The molecule has 2 aromatic carbocycles. The van der Waals surface area contributed by atoms with Crippen LogP contribution < -0.4 is 15.4 Å². The molecule has 6 nitrogen and oxygen atoms in total. The zero-order valence-electron chi connectivity index (χ0n) is 15.4. The van der Waals surface area contributed by atoms with Gasteiger partial charge in [-0.15, -0.1) is 0 Å². The minimum absolute atomic E-state index is 0.235. The molecule has 0 aliphatic carbocycles. The number of hydrogen-bond acceptors (Lipinski definition) is 5. The second-order valence-electron chi connectivity index (χ2n) is 6.11. The van der Waals surface area contributed by atoms with E-state index < -0.39 is 0 Å². The van der Waals surface area contributed by atoms with E-state index in [-0.39, 0.29) is 5.91 Å². The molecule has 0 aliphatic heterocycles. The van der Waals surface area contributed by atoms with Crippen molar-refractivity contribution in [3.63, 3.8) is 0 Å². The maximum atomic E-state index is 12.3. The molecule has 3 rings (SSSR count). The molecular formula is C21H22N4O2. The predicted octanol–water partition coefficient (Wildman–Crippen LogP) is 3.70. The summed E-state index contributed by atoms with van der Waals surface area (Å²) in [4.78, 5) is 20.7. The van der Waals surface area contributed by atoms with Crippen molar-refractivity contribution in [3.8, 4) is 5.75 Å². The maximum Gasteiger partial charge on any atom is 0.258 e. The van der Waals surface area contributed by atoms with E-state index in [9.17, 15) is 4.79 Å². The molecule has 0 spiro atoms. The number of ether oxygens (including phenoxy) is 1. The number of aryl methyl sites for hydroxylation is 1. The fraction of sp³-hybridized carbons (Fsp3) is 0.190. The van der Waals surface area contributed by atoms with Crippen LogP contribution in [0.25, 0.3) is 0 Å². The first-order valence-corrected chi connectivity index (χ1v) is 8.71. The highest BCUT2D eigenvalue weighted by Gasteiger charge is 2.08. The number of aromatic nitrogens is 2. The number of rotatable bonds is 7. The summed E-state index contributed by atoms with van der Waals surface area (Å²) >= 11 is 0. The van der Waals surface area contributed by atoms with E-state index in [1.54, 1.807) is 7.11 Å². The number of nitrogens with one attached hydrogen (secondary N) is 2. The van der Waals surface area contributed by atoms with E-state index in [2.05, 4.69) is 20.6 Å². The highest BCUT2D eigenvalue weighted by atomic mass is 16.5. The molecule has 0 aliphatic rings. The highest BCUT2D eigenvalue weighted by Crippen LogP contribution is 2.17. The van der Waals surface area contributed by atoms with E-state index in [1.165, 1.54) is 12.4 Å². The second-order valence-corrected chi connectivity index (χ2v) is 6.11. The van der Waals surface area contributed by atoms with Crippen LogP contribution in [0, 0.1) is 6.92 Å². The van der Waals surface area contributed by atoms with E-state index >= 15 is 0 Å². The molecule has 1 heterocycles. The SMILES string of the molecule is COc1ccccc1CCNc1ncc(C(=O)Nc2cccc(C)c2)cn1. The number of benzene rings is 2. The highest BCUT2D eigenvalue weighted by molar-refractivity contribution is 6.03. The fourth-order valence-corrected chi connectivity index (χ4v) is 2.68. The number of anilines is 2. The van der Waals surface area contributed by atoms with Crippen LogP contribution in [0.3, 0.4) is 0 Å². The molecule has 0 bridgehead atoms. The largest absolute Gasteiger partial charge is 0.496 e. The minimum atomic E-state index is -0.235. The van der Waals surface area contributed by atoms with Crippen molar-refractivity contribution < 1.29 is 9.53 Å². The summed E-state index contributed by atoms with van der Waals surface area (Å²) in [7, 11) is 1.66. The first-order valence-electron chi connectivity index (χ1n) is 8.71. The monoisotopic (exact) mass is 362 g/mol. The summed E-state index contributed by atoms with van der Waals surface area (Å²) in [6.07, 6.45) is 3.82. The van der Waals surface area contributed by atoms with Crippen LogP contribution in [0.4, 0.5) is 11.6 Å². The van der Waals surface area contributed by atoms with Crippen LogP contribution in [0.1, 0.15) is 21.5 Å². The average molecular weight is 362 g/mol. The van der Waals surface area contributed by atoms with Gasteiger partial charge in [0.2, 0.25) is 5.95 Å². The van der Waals surface area contributed by atoms with Gasteiger partial charge >= 0.3 is 0 Å². The van der Waals surface area contributed by atoms with Crippen LogP contribution in [-0.2, 0) is 6.42 Å². The molecule has 0 saturated heterocycles. The Labute approximate surface area is 158 Å². The minimum Gasteiger partial charge on any atom is -0.496 e. The Kier molecular flexibility index (Phi) is 5.99. The van der Waals surface area contributed by atoms with Gasteiger partial charge in [-0.05, 0) is 42.7 Å². The fourth-order valence-electron chi connectivity index (χ4n) is 2.68. The Morgan fingerprint density at radius 3 is 2.59 bits per heavy atom. The third-order valence-corrected chi connectivity index (χ3v) is 4.06. The third kappa shape index (κ3) is 5.04.